The maximum atomic E-state index is 13.7. The third-order valence-electron chi connectivity index (χ3n) is 3.94. The second-order valence-corrected chi connectivity index (χ2v) is 7.39. The first-order valence-corrected chi connectivity index (χ1v) is 8.94. The Bertz CT molecular complexity index is 1030. The molecule has 25 heavy (non-hydrogen) atoms. The molecule has 2 N–H and O–H groups in total. The fraction of sp³-hybridized carbons (Fsp3) is 0.176. The summed E-state index contributed by atoms with van der Waals surface area (Å²) in [6.07, 6.45) is 0.589. The van der Waals surface area contributed by atoms with Crippen molar-refractivity contribution in [3.8, 4) is 0 Å². The van der Waals surface area contributed by atoms with Crippen molar-refractivity contribution >= 4 is 20.9 Å². The number of nitrogens with zero attached hydrogens (tertiary/aromatic N) is 1. The van der Waals surface area contributed by atoms with Crippen LogP contribution in [0.3, 0.4) is 0 Å². The van der Waals surface area contributed by atoms with Crippen LogP contribution in [0.1, 0.15) is 11.7 Å². The number of para-hydroxylation sites is 1. The van der Waals surface area contributed by atoms with E-state index in [9.17, 15) is 22.3 Å². The molecule has 1 aromatic heterocycles. The van der Waals surface area contributed by atoms with Crippen LogP contribution < -0.4 is 4.72 Å². The van der Waals surface area contributed by atoms with Gasteiger partial charge in [-0.05, 0) is 18.2 Å². The van der Waals surface area contributed by atoms with E-state index in [0.717, 1.165) is 23.0 Å². The van der Waals surface area contributed by atoms with E-state index in [1.165, 1.54) is 0 Å². The van der Waals surface area contributed by atoms with E-state index in [4.69, 9.17) is 0 Å². The molecule has 5 nitrogen and oxygen atoms in total. The van der Waals surface area contributed by atoms with Crippen molar-refractivity contribution in [1.82, 2.24) is 9.29 Å². The topological polar surface area (TPSA) is 71.3 Å². The largest absolute Gasteiger partial charge is 0.387 e. The molecule has 0 amide bonds. The van der Waals surface area contributed by atoms with Crippen LogP contribution in [0.4, 0.5) is 8.78 Å². The average molecular weight is 366 g/mol. The number of aryl methyl sites for hydroxylation is 1. The van der Waals surface area contributed by atoms with Gasteiger partial charge in [0.15, 0.2) is 0 Å². The Kier molecular flexibility index (Phi) is 4.59. The number of aromatic nitrogens is 1. The molecule has 1 heterocycles. The summed E-state index contributed by atoms with van der Waals surface area (Å²) in [4.78, 5) is -0.668. The number of hydrogen-bond donors (Lipinski definition) is 2. The lowest BCUT2D eigenvalue weighted by molar-refractivity contribution is 0.183. The summed E-state index contributed by atoms with van der Waals surface area (Å²) in [5, 5.41) is 11.2. The number of aliphatic hydroxyl groups is 1. The van der Waals surface area contributed by atoms with E-state index in [-0.39, 0.29) is 6.54 Å². The fourth-order valence-electron chi connectivity index (χ4n) is 2.71. The highest BCUT2D eigenvalue weighted by atomic mass is 32.2. The van der Waals surface area contributed by atoms with Gasteiger partial charge in [-0.1, -0.05) is 18.2 Å². The van der Waals surface area contributed by atoms with E-state index in [1.54, 1.807) is 6.20 Å². The molecule has 8 heteroatoms. The van der Waals surface area contributed by atoms with Gasteiger partial charge in [-0.15, -0.1) is 0 Å². The van der Waals surface area contributed by atoms with E-state index in [0.29, 0.717) is 11.6 Å². The summed E-state index contributed by atoms with van der Waals surface area (Å²) < 4.78 is 54.9. The van der Waals surface area contributed by atoms with Crippen LogP contribution in [0.25, 0.3) is 10.9 Å². The third-order valence-corrected chi connectivity index (χ3v) is 5.39. The molecular formula is C17H16F2N2O3S. The molecule has 3 rings (SSSR count). The fourth-order valence-corrected chi connectivity index (χ4v) is 3.80. The van der Waals surface area contributed by atoms with Crippen LogP contribution in [0.15, 0.2) is 53.6 Å². The Morgan fingerprint density at radius 2 is 1.92 bits per heavy atom. The van der Waals surface area contributed by atoms with Crippen molar-refractivity contribution in [1.29, 1.82) is 0 Å². The van der Waals surface area contributed by atoms with Crippen LogP contribution >= 0.6 is 0 Å². The number of aliphatic hydroxyl groups excluding tert-OH is 1. The van der Waals surface area contributed by atoms with E-state index >= 15 is 0 Å². The summed E-state index contributed by atoms with van der Waals surface area (Å²) in [7, 11) is -2.40. The average Bonchev–Trinajstić information content (AvgIpc) is 2.90. The molecule has 0 bridgehead atoms. The van der Waals surface area contributed by atoms with Crippen molar-refractivity contribution in [3.63, 3.8) is 0 Å². The van der Waals surface area contributed by atoms with Crippen molar-refractivity contribution in [2.45, 2.75) is 11.0 Å². The van der Waals surface area contributed by atoms with Crippen molar-refractivity contribution < 1.29 is 22.3 Å². The normalized spacial score (nSPS) is 13.3. The van der Waals surface area contributed by atoms with Crippen LogP contribution in [-0.2, 0) is 17.1 Å². The van der Waals surface area contributed by atoms with Crippen molar-refractivity contribution in [2.24, 2.45) is 7.05 Å². The number of sulfonamides is 1. The van der Waals surface area contributed by atoms with Crippen LogP contribution in [0.5, 0.6) is 0 Å². The molecule has 0 saturated carbocycles. The van der Waals surface area contributed by atoms with Gasteiger partial charge in [0.05, 0.1) is 6.10 Å². The summed E-state index contributed by atoms with van der Waals surface area (Å²) in [5.74, 6) is -2.06. The molecular weight excluding hydrogens is 350 g/mol. The van der Waals surface area contributed by atoms with Gasteiger partial charge in [-0.2, -0.15) is 0 Å². The molecule has 3 aromatic rings. The molecule has 1 atom stereocenters. The molecule has 0 aliphatic rings. The molecule has 1 unspecified atom stereocenters. The highest BCUT2D eigenvalue weighted by molar-refractivity contribution is 7.89. The monoisotopic (exact) mass is 366 g/mol. The second-order valence-electron chi connectivity index (χ2n) is 5.65. The van der Waals surface area contributed by atoms with Gasteiger partial charge in [-0.25, -0.2) is 21.9 Å². The first kappa shape index (κ1) is 17.5. The molecule has 0 radical (unpaired) electrons. The Morgan fingerprint density at radius 1 is 1.20 bits per heavy atom. The number of halogens is 2. The van der Waals surface area contributed by atoms with Gasteiger partial charge in [0.2, 0.25) is 10.0 Å². The standard InChI is InChI=1S/C17H16F2N2O3S/c1-21-10-13(12-4-2-3-5-15(12)21)16(22)9-20-25(23,24)17-7-6-11(18)8-14(17)19/h2-8,10,16,20,22H,9H2,1H3. The van der Waals surface area contributed by atoms with E-state index in [1.807, 2.05) is 35.9 Å². The molecule has 0 aliphatic heterocycles. The second kappa shape index (κ2) is 6.55. The predicted octanol–water partition coefficient (Wildman–Crippen LogP) is 2.47. The van der Waals surface area contributed by atoms with Gasteiger partial charge < -0.3 is 9.67 Å². The number of rotatable bonds is 5. The Labute approximate surface area is 143 Å². The zero-order valence-electron chi connectivity index (χ0n) is 13.3. The Morgan fingerprint density at radius 3 is 2.64 bits per heavy atom. The SMILES string of the molecule is Cn1cc(C(O)CNS(=O)(=O)c2ccc(F)cc2F)c2ccccc21. The minimum Gasteiger partial charge on any atom is -0.387 e. The van der Waals surface area contributed by atoms with Gasteiger partial charge in [0, 0.05) is 42.3 Å². The summed E-state index contributed by atoms with van der Waals surface area (Å²) in [5.41, 5.74) is 1.45. The zero-order chi connectivity index (χ0) is 18.2. The molecule has 2 aromatic carbocycles. The summed E-state index contributed by atoms with van der Waals surface area (Å²) in [6, 6.07) is 9.58. The predicted molar refractivity (Wildman–Crippen MR) is 89.4 cm³/mol. The molecule has 0 spiro atoms. The smallest absolute Gasteiger partial charge is 0.243 e. The van der Waals surface area contributed by atoms with Gasteiger partial charge in [0.1, 0.15) is 16.5 Å². The molecule has 132 valence electrons. The number of benzene rings is 2. The lowest BCUT2D eigenvalue weighted by Crippen LogP contribution is -2.29. The van der Waals surface area contributed by atoms with Crippen molar-refractivity contribution in [3.05, 3.63) is 65.9 Å². The third kappa shape index (κ3) is 3.41. The molecule has 0 saturated heterocycles. The highest BCUT2D eigenvalue weighted by Gasteiger charge is 2.22. The number of nitrogens with one attached hydrogen (secondary N) is 1. The molecule has 0 aliphatic carbocycles. The first-order chi connectivity index (χ1) is 11.8. The summed E-state index contributed by atoms with van der Waals surface area (Å²) in [6.45, 7) is -0.340. The number of fused-ring (bicyclic) bond motifs is 1. The Hall–Kier alpha value is -2.29. The van der Waals surface area contributed by atoms with Gasteiger partial charge in [0.25, 0.3) is 0 Å². The van der Waals surface area contributed by atoms with Crippen LogP contribution in [0, 0.1) is 11.6 Å². The lowest BCUT2D eigenvalue weighted by atomic mass is 10.1. The summed E-state index contributed by atoms with van der Waals surface area (Å²) >= 11 is 0. The maximum Gasteiger partial charge on any atom is 0.243 e. The van der Waals surface area contributed by atoms with Crippen LogP contribution in [0.2, 0.25) is 0 Å². The Balaban J connectivity index is 1.82. The maximum absolute atomic E-state index is 13.7. The molecule has 0 fully saturated rings. The highest BCUT2D eigenvalue weighted by Crippen LogP contribution is 2.26. The first-order valence-electron chi connectivity index (χ1n) is 7.46. The van der Waals surface area contributed by atoms with E-state index in [2.05, 4.69) is 4.72 Å². The van der Waals surface area contributed by atoms with Gasteiger partial charge >= 0.3 is 0 Å². The lowest BCUT2D eigenvalue weighted by Gasteiger charge is -2.12. The minimum absolute atomic E-state index is 0.340. The minimum atomic E-state index is -4.22. The zero-order valence-corrected chi connectivity index (χ0v) is 14.1. The quantitative estimate of drug-likeness (QED) is 0.729. The van der Waals surface area contributed by atoms with Crippen LogP contribution in [-0.4, -0.2) is 24.6 Å². The van der Waals surface area contributed by atoms with Gasteiger partial charge in [-0.3, -0.25) is 0 Å². The number of hydrogen-bond acceptors (Lipinski definition) is 3. The van der Waals surface area contributed by atoms with Crippen molar-refractivity contribution in [2.75, 3.05) is 6.54 Å². The van der Waals surface area contributed by atoms with E-state index < -0.39 is 32.7 Å².